The molecule has 0 N–H and O–H groups in total. The fourth-order valence-electron chi connectivity index (χ4n) is 4.54. The fraction of sp³-hybridized carbons (Fsp3) is 0.259. The van der Waals surface area contributed by atoms with E-state index in [2.05, 4.69) is 14.8 Å². The number of nitrogens with zero attached hydrogens (tertiary/aromatic N) is 6. The smallest absolute Gasteiger partial charge is 0.338 e. The average molecular weight is 515 g/mol. The van der Waals surface area contributed by atoms with Crippen LogP contribution >= 0.6 is 0 Å². The molecule has 194 valence electrons. The number of non-ortho nitro benzene ring substituents is 1. The maximum Gasteiger partial charge on any atom is 0.338 e. The Bertz CT molecular complexity index is 1530. The number of rotatable bonds is 7. The normalized spacial score (nSPS) is 14.0. The number of nitro groups is 1. The van der Waals surface area contributed by atoms with Crippen LogP contribution in [0.5, 0.6) is 0 Å². The number of piperazine rings is 1. The van der Waals surface area contributed by atoms with Gasteiger partial charge in [0.1, 0.15) is 11.6 Å². The molecule has 11 nitrogen and oxygen atoms in total. The van der Waals surface area contributed by atoms with Crippen molar-refractivity contribution < 1.29 is 14.5 Å². The molecule has 1 aliphatic rings. The first kappa shape index (κ1) is 25.0. The molecule has 2 aromatic heterocycles. The Labute approximate surface area is 218 Å². The van der Waals surface area contributed by atoms with E-state index in [0.29, 0.717) is 29.1 Å². The lowest BCUT2D eigenvalue weighted by Crippen LogP contribution is -2.47. The van der Waals surface area contributed by atoms with Crippen LogP contribution in [0.15, 0.2) is 71.7 Å². The first-order valence-electron chi connectivity index (χ1n) is 12.3. The third kappa shape index (κ3) is 5.09. The van der Waals surface area contributed by atoms with Gasteiger partial charge in [0.2, 0.25) is 0 Å². The number of aromatic nitrogens is 3. The highest BCUT2D eigenvalue weighted by Gasteiger charge is 2.22. The molecular formula is C27H26N6O5. The monoisotopic (exact) mass is 514 g/mol. The SMILES string of the molecule is CCOC(=O)c1ccc(-n2c(CN3CCN(c4ccccn4)CC3)nc3ccc([N+](=O)[O-])cc3c2=O)cc1. The minimum absolute atomic E-state index is 0.150. The summed E-state index contributed by atoms with van der Waals surface area (Å²) in [6, 6.07) is 16.4. The highest BCUT2D eigenvalue weighted by molar-refractivity contribution is 5.89. The van der Waals surface area contributed by atoms with Crippen LogP contribution in [0.25, 0.3) is 16.6 Å². The molecule has 0 saturated carbocycles. The maximum atomic E-state index is 13.7. The number of fused-ring (bicyclic) bond motifs is 1. The van der Waals surface area contributed by atoms with Gasteiger partial charge in [0.25, 0.3) is 11.2 Å². The van der Waals surface area contributed by atoms with Crippen molar-refractivity contribution in [1.29, 1.82) is 0 Å². The summed E-state index contributed by atoms with van der Waals surface area (Å²) in [5.41, 5.74) is 0.664. The first-order chi connectivity index (χ1) is 18.4. The van der Waals surface area contributed by atoms with Crippen molar-refractivity contribution >= 4 is 28.4 Å². The van der Waals surface area contributed by atoms with Crippen LogP contribution in [0.3, 0.4) is 0 Å². The van der Waals surface area contributed by atoms with E-state index in [1.807, 2.05) is 18.2 Å². The number of carbonyl (C=O) groups excluding carboxylic acids is 1. The number of ether oxygens (including phenoxy) is 1. The molecule has 11 heteroatoms. The minimum Gasteiger partial charge on any atom is -0.462 e. The van der Waals surface area contributed by atoms with Crippen molar-refractivity contribution in [1.82, 2.24) is 19.4 Å². The maximum absolute atomic E-state index is 13.7. The molecule has 0 aliphatic carbocycles. The Morgan fingerprint density at radius 1 is 1.05 bits per heavy atom. The number of pyridine rings is 1. The number of carbonyl (C=O) groups is 1. The average Bonchev–Trinajstić information content (AvgIpc) is 2.94. The van der Waals surface area contributed by atoms with Gasteiger partial charge < -0.3 is 9.64 Å². The molecule has 38 heavy (non-hydrogen) atoms. The molecule has 0 spiro atoms. The van der Waals surface area contributed by atoms with Gasteiger partial charge in [0, 0.05) is 44.5 Å². The molecule has 0 bridgehead atoms. The van der Waals surface area contributed by atoms with Gasteiger partial charge >= 0.3 is 5.97 Å². The summed E-state index contributed by atoms with van der Waals surface area (Å²) in [6.45, 7) is 5.42. The first-order valence-corrected chi connectivity index (χ1v) is 12.3. The molecule has 0 amide bonds. The zero-order valence-corrected chi connectivity index (χ0v) is 20.8. The summed E-state index contributed by atoms with van der Waals surface area (Å²) in [6.07, 6.45) is 1.77. The lowest BCUT2D eigenvalue weighted by atomic mass is 10.1. The molecule has 0 atom stereocenters. The molecule has 1 saturated heterocycles. The molecule has 0 unspecified atom stereocenters. The predicted octanol–water partition coefficient (Wildman–Crippen LogP) is 3.19. The van der Waals surface area contributed by atoms with Gasteiger partial charge in [-0.3, -0.25) is 24.4 Å². The second-order valence-corrected chi connectivity index (χ2v) is 8.85. The Morgan fingerprint density at radius 3 is 2.47 bits per heavy atom. The Balaban J connectivity index is 1.50. The largest absolute Gasteiger partial charge is 0.462 e. The second kappa shape index (κ2) is 10.8. The number of benzene rings is 2. The molecule has 4 aromatic rings. The highest BCUT2D eigenvalue weighted by atomic mass is 16.6. The van der Waals surface area contributed by atoms with Crippen LogP contribution < -0.4 is 10.5 Å². The van der Waals surface area contributed by atoms with E-state index in [4.69, 9.17) is 9.72 Å². The van der Waals surface area contributed by atoms with Gasteiger partial charge in [-0.2, -0.15) is 0 Å². The molecule has 2 aromatic carbocycles. The lowest BCUT2D eigenvalue weighted by molar-refractivity contribution is -0.384. The predicted molar refractivity (Wildman–Crippen MR) is 142 cm³/mol. The van der Waals surface area contributed by atoms with Crippen molar-refractivity contribution in [2.24, 2.45) is 0 Å². The van der Waals surface area contributed by atoms with Crippen molar-refractivity contribution in [2.75, 3.05) is 37.7 Å². The molecule has 1 aliphatic heterocycles. The van der Waals surface area contributed by atoms with Crippen molar-refractivity contribution in [2.45, 2.75) is 13.5 Å². The summed E-state index contributed by atoms with van der Waals surface area (Å²) in [7, 11) is 0. The third-order valence-electron chi connectivity index (χ3n) is 6.48. The zero-order valence-electron chi connectivity index (χ0n) is 20.8. The van der Waals surface area contributed by atoms with Crippen LogP contribution in [0.4, 0.5) is 11.5 Å². The second-order valence-electron chi connectivity index (χ2n) is 8.85. The third-order valence-corrected chi connectivity index (χ3v) is 6.48. The molecule has 1 fully saturated rings. The highest BCUT2D eigenvalue weighted by Crippen LogP contribution is 2.21. The summed E-state index contributed by atoms with van der Waals surface area (Å²) >= 11 is 0. The van der Waals surface area contributed by atoms with Crippen LogP contribution in [0.2, 0.25) is 0 Å². The van der Waals surface area contributed by atoms with E-state index in [1.54, 1.807) is 37.4 Å². The van der Waals surface area contributed by atoms with Crippen LogP contribution in [-0.4, -0.2) is 63.1 Å². The Kier molecular flexibility index (Phi) is 7.09. The summed E-state index contributed by atoms with van der Waals surface area (Å²) in [5, 5.41) is 11.5. The number of esters is 1. The number of anilines is 1. The van der Waals surface area contributed by atoms with Crippen LogP contribution in [0, 0.1) is 10.1 Å². The van der Waals surface area contributed by atoms with Gasteiger partial charge in [-0.05, 0) is 49.4 Å². The quantitative estimate of drug-likeness (QED) is 0.208. The van der Waals surface area contributed by atoms with Crippen LogP contribution in [0.1, 0.15) is 23.1 Å². The van der Waals surface area contributed by atoms with Crippen LogP contribution in [-0.2, 0) is 11.3 Å². The topological polar surface area (TPSA) is 124 Å². The molecule has 0 radical (unpaired) electrons. The zero-order chi connectivity index (χ0) is 26.6. The number of hydrogen-bond donors (Lipinski definition) is 0. The van der Waals surface area contributed by atoms with Gasteiger partial charge in [-0.15, -0.1) is 0 Å². The van der Waals surface area contributed by atoms with Gasteiger partial charge in [-0.25, -0.2) is 14.8 Å². The van der Waals surface area contributed by atoms with E-state index in [9.17, 15) is 19.7 Å². The number of nitro benzene ring substituents is 1. The van der Waals surface area contributed by atoms with E-state index in [-0.39, 0.29) is 17.7 Å². The van der Waals surface area contributed by atoms with Crippen molar-refractivity contribution in [3.8, 4) is 5.69 Å². The van der Waals surface area contributed by atoms with Gasteiger partial charge in [0.05, 0.1) is 40.2 Å². The van der Waals surface area contributed by atoms with E-state index >= 15 is 0 Å². The minimum atomic E-state index is -0.535. The van der Waals surface area contributed by atoms with Crippen molar-refractivity contribution in [3.63, 3.8) is 0 Å². The van der Waals surface area contributed by atoms with Crippen molar-refractivity contribution in [3.05, 3.63) is 98.7 Å². The van der Waals surface area contributed by atoms with E-state index in [0.717, 1.165) is 32.0 Å². The summed E-state index contributed by atoms with van der Waals surface area (Å²) < 4.78 is 6.52. The lowest BCUT2D eigenvalue weighted by Gasteiger charge is -2.35. The Morgan fingerprint density at radius 2 is 1.82 bits per heavy atom. The molecule has 5 rings (SSSR count). The van der Waals surface area contributed by atoms with E-state index < -0.39 is 16.5 Å². The van der Waals surface area contributed by atoms with Gasteiger partial charge in [-0.1, -0.05) is 6.07 Å². The Hall–Kier alpha value is -4.64. The molecule has 3 heterocycles. The molecular weight excluding hydrogens is 488 g/mol. The van der Waals surface area contributed by atoms with E-state index in [1.165, 1.54) is 22.8 Å². The fourth-order valence-corrected chi connectivity index (χ4v) is 4.54. The summed E-state index contributed by atoms with van der Waals surface area (Å²) in [4.78, 5) is 50.2. The number of hydrogen-bond acceptors (Lipinski definition) is 9. The van der Waals surface area contributed by atoms with Gasteiger partial charge in [0.15, 0.2) is 0 Å². The summed E-state index contributed by atoms with van der Waals surface area (Å²) in [5.74, 6) is 0.979. The standard InChI is InChI=1S/C27H26N6O5/c1-2-38-27(35)19-6-8-20(9-7-19)32-25(29-23-11-10-21(33(36)37)17-22(23)26(32)34)18-30-13-15-31(16-14-30)24-5-3-4-12-28-24/h3-12,17H,2,13-16,18H2,1H3.